The molecule has 0 aliphatic rings. The Morgan fingerprint density at radius 2 is 1.89 bits per heavy atom. The van der Waals surface area contributed by atoms with E-state index in [1.807, 2.05) is 66.2 Å². The summed E-state index contributed by atoms with van der Waals surface area (Å²) >= 11 is 5.97. The first-order chi connectivity index (χ1) is 13.2. The Bertz CT molecular complexity index is 873. The molecule has 0 fully saturated rings. The average Bonchev–Trinajstić information content (AvgIpc) is 3.16. The van der Waals surface area contributed by atoms with Crippen molar-refractivity contribution in [1.29, 1.82) is 0 Å². The molecular formula is C20H23ClN6. The molecule has 140 valence electrons. The van der Waals surface area contributed by atoms with Gasteiger partial charge in [0.15, 0.2) is 11.8 Å². The van der Waals surface area contributed by atoms with Gasteiger partial charge >= 0.3 is 0 Å². The summed E-state index contributed by atoms with van der Waals surface area (Å²) < 4.78 is 1.95. The highest BCUT2D eigenvalue weighted by atomic mass is 35.5. The Hall–Kier alpha value is -2.86. The normalized spacial score (nSPS) is 11.4. The summed E-state index contributed by atoms with van der Waals surface area (Å²) in [5, 5.41) is 12.3. The maximum absolute atomic E-state index is 5.97. The highest BCUT2D eigenvalue weighted by Crippen LogP contribution is 2.12. The maximum Gasteiger partial charge on any atom is 0.194 e. The standard InChI is InChI=1S/C20H23ClN6/c1-3-22-20(26(2)14-16-9-11-17(21)12-10-16)23-13-19-25-24-15-27(19)18-7-5-4-6-8-18/h4-12,15H,3,13-14H2,1-2H3,(H,22,23). The largest absolute Gasteiger partial charge is 0.357 e. The molecule has 1 aromatic heterocycles. The molecule has 7 heteroatoms. The molecular weight excluding hydrogens is 360 g/mol. The number of nitrogens with one attached hydrogen (secondary N) is 1. The van der Waals surface area contributed by atoms with Gasteiger partial charge in [-0.2, -0.15) is 0 Å². The van der Waals surface area contributed by atoms with Gasteiger partial charge in [-0.05, 0) is 36.8 Å². The molecule has 0 radical (unpaired) electrons. The fourth-order valence-electron chi connectivity index (χ4n) is 2.72. The summed E-state index contributed by atoms with van der Waals surface area (Å²) in [5.41, 5.74) is 2.19. The van der Waals surface area contributed by atoms with Gasteiger partial charge in [0.1, 0.15) is 12.9 Å². The lowest BCUT2D eigenvalue weighted by Gasteiger charge is -2.22. The molecule has 27 heavy (non-hydrogen) atoms. The lowest BCUT2D eigenvalue weighted by atomic mass is 10.2. The molecule has 0 unspecified atom stereocenters. The molecule has 0 aliphatic carbocycles. The van der Waals surface area contributed by atoms with Crippen LogP contribution in [-0.2, 0) is 13.1 Å². The second-order valence-electron chi connectivity index (χ2n) is 6.11. The molecule has 0 amide bonds. The van der Waals surface area contributed by atoms with E-state index in [0.29, 0.717) is 6.54 Å². The Balaban J connectivity index is 1.74. The molecule has 1 heterocycles. The number of halogens is 1. The number of rotatable bonds is 6. The fraction of sp³-hybridized carbons (Fsp3) is 0.250. The first kappa shape index (κ1) is 18.9. The lowest BCUT2D eigenvalue weighted by molar-refractivity contribution is 0.476. The molecule has 0 bridgehead atoms. The van der Waals surface area contributed by atoms with Gasteiger partial charge in [-0.3, -0.25) is 4.57 Å². The number of aromatic nitrogens is 3. The second-order valence-corrected chi connectivity index (χ2v) is 6.54. The van der Waals surface area contributed by atoms with Crippen LogP contribution in [0.5, 0.6) is 0 Å². The summed E-state index contributed by atoms with van der Waals surface area (Å²) in [7, 11) is 2.01. The van der Waals surface area contributed by atoms with Crippen molar-refractivity contribution in [3.05, 3.63) is 77.3 Å². The van der Waals surface area contributed by atoms with Crippen LogP contribution in [0, 0.1) is 0 Å². The van der Waals surface area contributed by atoms with Crippen LogP contribution >= 0.6 is 11.6 Å². The van der Waals surface area contributed by atoms with E-state index < -0.39 is 0 Å². The summed E-state index contributed by atoms with van der Waals surface area (Å²) in [6, 6.07) is 17.9. The quantitative estimate of drug-likeness (QED) is 0.523. The van der Waals surface area contributed by atoms with E-state index in [1.165, 1.54) is 5.56 Å². The molecule has 0 atom stereocenters. The number of aliphatic imine (C=N–C) groups is 1. The first-order valence-corrected chi connectivity index (χ1v) is 9.23. The number of guanidine groups is 1. The fourth-order valence-corrected chi connectivity index (χ4v) is 2.85. The van der Waals surface area contributed by atoms with E-state index in [1.54, 1.807) is 6.33 Å². The summed E-state index contributed by atoms with van der Waals surface area (Å²) in [4.78, 5) is 6.82. The van der Waals surface area contributed by atoms with E-state index in [-0.39, 0.29) is 0 Å². The van der Waals surface area contributed by atoms with Crippen LogP contribution in [0.2, 0.25) is 5.02 Å². The van der Waals surface area contributed by atoms with E-state index in [4.69, 9.17) is 16.6 Å². The second kappa shape index (κ2) is 9.19. The van der Waals surface area contributed by atoms with E-state index in [9.17, 15) is 0 Å². The van der Waals surface area contributed by atoms with E-state index >= 15 is 0 Å². The van der Waals surface area contributed by atoms with Crippen LogP contribution < -0.4 is 5.32 Å². The van der Waals surface area contributed by atoms with Gasteiger partial charge in [0.05, 0.1) is 0 Å². The third-order valence-electron chi connectivity index (χ3n) is 4.05. The van der Waals surface area contributed by atoms with Crippen LogP contribution in [0.3, 0.4) is 0 Å². The Kier molecular flexibility index (Phi) is 6.44. The highest BCUT2D eigenvalue weighted by Gasteiger charge is 2.09. The van der Waals surface area contributed by atoms with Crippen molar-refractivity contribution in [3.8, 4) is 5.69 Å². The third-order valence-corrected chi connectivity index (χ3v) is 4.30. The van der Waals surface area contributed by atoms with Crippen LogP contribution in [0.1, 0.15) is 18.3 Å². The number of benzene rings is 2. The average molecular weight is 383 g/mol. The summed E-state index contributed by atoms with van der Waals surface area (Å²) in [6.07, 6.45) is 1.71. The number of nitrogens with zero attached hydrogens (tertiary/aromatic N) is 5. The van der Waals surface area contributed by atoms with Crippen LogP contribution in [0.4, 0.5) is 0 Å². The SMILES string of the molecule is CCNC(=NCc1nncn1-c1ccccc1)N(C)Cc1ccc(Cl)cc1. The van der Waals surface area contributed by atoms with Gasteiger partial charge in [-0.1, -0.05) is 41.9 Å². The van der Waals surface area contributed by atoms with Crippen LogP contribution in [-0.4, -0.2) is 39.2 Å². The molecule has 3 rings (SSSR count). The molecule has 0 saturated carbocycles. The smallest absolute Gasteiger partial charge is 0.194 e. The Morgan fingerprint density at radius 3 is 2.59 bits per heavy atom. The molecule has 3 aromatic rings. The molecule has 2 aromatic carbocycles. The number of hydrogen-bond acceptors (Lipinski definition) is 3. The van der Waals surface area contributed by atoms with Crippen molar-refractivity contribution in [3.63, 3.8) is 0 Å². The lowest BCUT2D eigenvalue weighted by Crippen LogP contribution is -2.38. The highest BCUT2D eigenvalue weighted by molar-refractivity contribution is 6.30. The van der Waals surface area contributed by atoms with Crippen molar-refractivity contribution < 1.29 is 0 Å². The van der Waals surface area contributed by atoms with Gasteiger partial charge in [0.25, 0.3) is 0 Å². The zero-order valence-corrected chi connectivity index (χ0v) is 16.3. The zero-order valence-electron chi connectivity index (χ0n) is 15.5. The van der Waals surface area contributed by atoms with Crippen molar-refractivity contribution in [1.82, 2.24) is 25.0 Å². The number of para-hydroxylation sites is 1. The summed E-state index contributed by atoms with van der Waals surface area (Å²) in [6.45, 7) is 4.00. The predicted octanol–water partition coefficient (Wildman–Crippen LogP) is 3.52. The van der Waals surface area contributed by atoms with Crippen molar-refractivity contribution in [2.75, 3.05) is 13.6 Å². The Morgan fingerprint density at radius 1 is 1.15 bits per heavy atom. The van der Waals surface area contributed by atoms with Crippen molar-refractivity contribution in [2.45, 2.75) is 20.0 Å². The first-order valence-electron chi connectivity index (χ1n) is 8.85. The van der Waals surface area contributed by atoms with Gasteiger partial charge in [-0.25, -0.2) is 4.99 Å². The van der Waals surface area contributed by atoms with E-state index in [2.05, 4.69) is 27.3 Å². The van der Waals surface area contributed by atoms with Gasteiger partial charge in [-0.15, -0.1) is 10.2 Å². The molecule has 0 aliphatic heterocycles. The van der Waals surface area contributed by atoms with Crippen molar-refractivity contribution >= 4 is 17.6 Å². The molecule has 6 nitrogen and oxygen atoms in total. The van der Waals surface area contributed by atoms with Crippen LogP contribution in [0.15, 0.2) is 65.9 Å². The van der Waals surface area contributed by atoms with E-state index in [0.717, 1.165) is 35.6 Å². The summed E-state index contributed by atoms with van der Waals surface area (Å²) in [5.74, 6) is 1.60. The van der Waals surface area contributed by atoms with Gasteiger partial charge < -0.3 is 10.2 Å². The molecule has 0 saturated heterocycles. The minimum Gasteiger partial charge on any atom is -0.357 e. The zero-order chi connectivity index (χ0) is 19.1. The third kappa shape index (κ3) is 5.08. The number of hydrogen-bond donors (Lipinski definition) is 1. The molecule has 0 spiro atoms. The Labute approximate surface area is 164 Å². The van der Waals surface area contributed by atoms with Gasteiger partial charge in [0.2, 0.25) is 0 Å². The molecule has 1 N–H and O–H groups in total. The van der Waals surface area contributed by atoms with Gasteiger partial charge in [0, 0.05) is 30.8 Å². The predicted molar refractivity (Wildman–Crippen MR) is 109 cm³/mol. The topological polar surface area (TPSA) is 58.3 Å². The van der Waals surface area contributed by atoms with Crippen LogP contribution in [0.25, 0.3) is 5.69 Å². The maximum atomic E-state index is 5.97. The van der Waals surface area contributed by atoms with Crippen molar-refractivity contribution in [2.24, 2.45) is 4.99 Å². The minimum absolute atomic E-state index is 0.433. The minimum atomic E-state index is 0.433. The monoisotopic (exact) mass is 382 g/mol.